The highest BCUT2D eigenvalue weighted by Gasteiger charge is 2.36. The Morgan fingerprint density at radius 3 is 2.19 bits per heavy atom. The molecule has 32 heavy (non-hydrogen) atoms. The molecule has 7 nitrogen and oxygen atoms in total. The second kappa shape index (κ2) is 7.86. The molecule has 1 aromatic heterocycles. The first-order valence-electron chi connectivity index (χ1n) is 9.79. The van der Waals surface area contributed by atoms with Gasteiger partial charge in [0, 0.05) is 21.7 Å². The third kappa shape index (κ3) is 3.29. The number of halogens is 1. The number of imide groups is 1. The fraction of sp³-hybridized carbons (Fsp3) is 0.0417. The van der Waals surface area contributed by atoms with Gasteiger partial charge in [0.2, 0.25) is 0 Å². The molecular formula is C24H15ClN4O3. The average molecular weight is 443 g/mol. The first-order valence-corrected chi connectivity index (χ1v) is 10.2. The van der Waals surface area contributed by atoms with E-state index in [1.807, 2.05) is 6.07 Å². The van der Waals surface area contributed by atoms with Crippen LogP contribution in [0.15, 0.2) is 72.8 Å². The van der Waals surface area contributed by atoms with Crippen LogP contribution in [0, 0.1) is 0 Å². The monoisotopic (exact) mass is 442 g/mol. The summed E-state index contributed by atoms with van der Waals surface area (Å²) in [6, 6.07) is 20.4. The van der Waals surface area contributed by atoms with Crippen molar-refractivity contribution in [2.24, 2.45) is 0 Å². The Bertz CT molecular complexity index is 1350. The van der Waals surface area contributed by atoms with Crippen molar-refractivity contribution in [3.8, 4) is 11.3 Å². The molecule has 0 aliphatic carbocycles. The normalized spacial score (nSPS) is 12.8. The van der Waals surface area contributed by atoms with Gasteiger partial charge in [-0.25, -0.2) is 0 Å². The van der Waals surface area contributed by atoms with Gasteiger partial charge in [-0.3, -0.25) is 19.3 Å². The van der Waals surface area contributed by atoms with E-state index in [1.165, 1.54) is 0 Å². The van der Waals surface area contributed by atoms with E-state index >= 15 is 0 Å². The number of aromatic nitrogens is 3. The average Bonchev–Trinajstić information content (AvgIpc) is 3.38. The first-order chi connectivity index (χ1) is 15.5. The SMILES string of the molecule is O=C(c1ccccc1)c1cc(Cl)ccc1-c1n[nH]nc1CN1C(=O)c2ccccc2C1=O. The third-order valence-corrected chi connectivity index (χ3v) is 5.56. The van der Waals surface area contributed by atoms with Gasteiger partial charge in [-0.15, -0.1) is 0 Å². The Kier molecular flexibility index (Phi) is 4.88. The Morgan fingerprint density at radius 1 is 0.844 bits per heavy atom. The van der Waals surface area contributed by atoms with Crippen LogP contribution in [0.1, 0.15) is 42.3 Å². The molecule has 1 aliphatic heterocycles. The van der Waals surface area contributed by atoms with Crippen LogP contribution in [0.4, 0.5) is 0 Å². The molecule has 0 saturated heterocycles. The number of fused-ring (bicyclic) bond motifs is 1. The smallest absolute Gasteiger partial charge is 0.261 e. The summed E-state index contributed by atoms with van der Waals surface area (Å²) in [4.78, 5) is 39.8. The summed E-state index contributed by atoms with van der Waals surface area (Å²) < 4.78 is 0. The molecule has 0 saturated carbocycles. The minimum atomic E-state index is -0.392. The zero-order valence-electron chi connectivity index (χ0n) is 16.6. The summed E-state index contributed by atoms with van der Waals surface area (Å²) in [6.45, 7) is -0.0836. The first kappa shape index (κ1) is 19.8. The van der Waals surface area contributed by atoms with E-state index in [1.54, 1.807) is 66.7 Å². The number of aromatic amines is 1. The summed E-state index contributed by atoms with van der Waals surface area (Å²) in [5.41, 5.74) is 2.80. The number of amides is 2. The van der Waals surface area contributed by atoms with E-state index < -0.39 is 11.8 Å². The number of rotatable bonds is 5. The topological polar surface area (TPSA) is 96.0 Å². The summed E-state index contributed by atoms with van der Waals surface area (Å²) in [7, 11) is 0. The zero-order valence-corrected chi connectivity index (χ0v) is 17.3. The lowest BCUT2D eigenvalue weighted by Crippen LogP contribution is -2.29. The van der Waals surface area contributed by atoms with Crippen molar-refractivity contribution >= 4 is 29.2 Å². The second-order valence-electron chi connectivity index (χ2n) is 7.25. The van der Waals surface area contributed by atoms with E-state index in [9.17, 15) is 14.4 Å². The van der Waals surface area contributed by atoms with Gasteiger partial charge in [-0.05, 0) is 24.3 Å². The number of nitrogens with one attached hydrogen (secondary N) is 1. The van der Waals surface area contributed by atoms with Crippen molar-refractivity contribution in [3.05, 3.63) is 106 Å². The molecule has 1 N–H and O–H groups in total. The number of benzene rings is 3. The Labute approximate surface area is 187 Å². The molecule has 0 unspecified atom stereocenters. The number of hydrogen-bond acceptors (Lipinski definition) is 5. The molecule has 0 radical (unpaired) electrons. The predicted octanol–water partition coefficient (Wildman–Crippen LogP) is 4.15. The quantitative estimate of drug-likeness (QED) is 0.370. The van der Waals surface area contributed by atoms with Crippen LogP contribution < -0.4 is 0 Å². The van der Waals surface area contributed by atoms with Gasteiger partial charge in [0.1, 0.15) is 11.4 Å². The van der Waals surface area contributed by atoms with E-state index in [2.05, 4.69) is 15.4 Å². The molecule has 3 aromatic carbocycles. The number of carbonyl (C=O) groups excluding carboxylic acids is 3. The van der Waals surface area contributed by atoms with Gasteiger partial charge in [-0.1, -0.05) is 60.1 Å². The second-order valence-corrected chi connectivity index (χ2v) is 7.68. The molecule has 0 spiro atoms. The summed E-state index contributed by atoms with van der Waals surface area (Å²) in [6.07, 6.45) is 0. The van der Waals surface area contributed by atoms with Gasteiger partial charge >= 0.3 is 0 Å². The molecular weight excluding hydrogens is 428 g/mol. The number of carbonyl (C=O) groups is 3. The number of H-pyrrole nitrogens is 1. The molecule has 0 bridgehead atoms. The van der Waals surface area contributed by atoms with Crippen LogP contribution in [0.25, 0.3) is 11.3 Å². The van der Waals surface area contributed by atoms with Crippen LogP contribution >= 0.6 is 11.6 Å². The van der Waals surface area contributed by atoms with E-state index in [-0.39, 0.29) is 12.3 Å². The zero-order chi connectivity index (χ0) is 22.2. The summed E-state index contributed by atoms with van der Waals surface area (Å²) in [5.74, 6) is -1.01. The van der Waals surface area contributed by atoms with Crippen LogP contribution in [0.2, 0.25) is 5.02 Å². The van der Waals surface area contributed by atoms with Crippen LogP contribution in [-0.2, 0) is 6.54 Å². The van der Waals surface area contributed by atoms with Crippen molar-refractivity contribution in [3.63, 3.8) is 0 Å². The molecule has 8 heteroatoms. The molecule has 0 atom stereocenters. The van der Waals surface area contributed by atoms with Gasteiger partial charge in [-0.2, -0.15) is 15.4 Å². The van der Waals surface area contributed by atoms with Crippen molar-refractivity contribution in [1.82, 2.24) is 20.3 Å². The maximum absolute atomic E-state index is 13.2. The fourth-order valence-electron chi connectivity index (χ4n) is 3.77. The van der Waals surface area contributed by atoms with Crippen LogP contribution in [-0.4, -0.2) is 37.9 Å². The number of hydrogen-bond donors (Lipinski definition) is 1. The summed E-state index contributed by atoms with van der Waals surface area (Å²) in [5, 5.41) is 11.3. The Hall–Kier alpha value is -4.10. The van der Waals surface area contributed by atoms with Gasteiger partial charge in [0.25, 0.3) is 11.8 Å². The van der Waals surface area contributed by atoms with E-state index in [0.29, 0.717) is 44.2 Å². The van der Waals surface area contributed by atoms with E-state index in [0.717, 1.165) is 4.90 Å². The minimum absolute atomic E-state index is 0.0836. The third-order valence-electron chi connectivity index (χ3n) is 5.32. The van der Waals surface area contributed by atoms with Gasteiger partial charge in [0.05, 0.1) is 17.7 Å². The molecule has 156 valence electrons. The van der Waals surface area contributed by atoms with E-state index in [4.69, 9.17) is 11.6 Å². The van der Waals surface area contributed by atoms with Crippen molar-refractivity contribution in [2.45, 2.75) is 6.54 Å². The lowest BCUT2D eigenvalue weighted by atomic mass is 9.96. The molecule has 2 amide bonds. The Morgan fingerprint density at radius 2 is 1.50 bits per heavy atom. The number of ketones is 1. The van der Waals surface area contributed by atoms with Gasteiger partial charge in [0.15, 0.2) is 5.78 Å². The highest BCUT2D eigenvalue weighted by atomic mass is 35.5. The minimum Gasteiger partial charge on any atom is -0.289 e. The molecule has 2 heterocycles. The highest BCUT2D eigenvalue weighted by molar-refractivity contribution is 6.31. The maximum Gasteiger partial charge on any atom is 0.261 e. The number of nitrogens with zero attached hydrogens (tertiary/aromatic N) is 3. The molecule has 5 rings (SSSR count). The van der Waals surface area contributed by atoms with Crippen LogP contribution in [0.3, 0.4) is 0 Å². The standard InChI is InChI=1S/C24H15ClN4O3/c25-15-10-11-16(19(12-15)22(30)14-6-2-1-3-7-14)21-20(26-28-27-21)13-29-23(31)17-8-4-5-9-18(17)24(29)32/h1-12H,13H2,(H,26,27,28). The molecule has 0 fully saturated rings. The maximum atomic E-state index is 13.2. The van der Waals surface area contributed by atoms with Crippen molar-refractivity contribution in [1.29, 1.82) is 0 Å². The molecule has 1 aliphatic rings. The Balaban J connectivity index is 1.53. The fourth-order valence-corrected chi connectivity index (χ4v) is 3.94. The molecule has 4 aromatic rings. The summed E-state index contributed by atoms with van der Waals surface area (Å²) >= 11 is 6.18. The lowest BCUT2D eigenvalue weighted by Gasteiger charge is -2.14. The lowest BCUT2D eigenvalue weighted by molar-refractivity contribution is 0.0640. The highest BCUT2D eigenvalue weighted by Crippen LogP contribution is 2.31. The largest absolute Gasteiger partial charge is 0.289 e. The predicted molar refractivity (Wildman–Crippen MR) is 117 cm³/mol. The van der Waals surface area contributed by atoms with Crippen molar-refractivity contribution < 1.29 is 14.4 Å². The van der Waals surface area contributed by atoms with Gasteiger partial charge < -0.3 is 0 Å². The van der Waals surface area contributed by atoms with Crippen LogP contribution in [0.5, 0.6) is 0 Å². The van der Waals surface area contributed by atoms with Crippen molar-refractivity contribution in [2.75, 3.05) is 0 Å².